The van der Waals surface area contributed by atoms with Gasteiger partial charge in [0.2, 0.25) is 0 Å². The fraction of sp³-hybridized carbons (Fsp3) is 0.0909. The molecule has 2 rings (SSSR count). The van der Waals surface area contributed by atoms with Crippen molar-refractivity contribution in [2.24, 2.45) is 0 Å². The summed E-state index contributed by atoms with van der Waals surface area (Å²) in [5.74, 6) is -1.29. The third kappa shape index (κ3) is 2.22. The lowest BCUT2D eigenvalue weighted by molar-refractivity contribution is -0.140. The lowest BCUT2D eigenvalue weighted by Gasteiger charge is -2.12. The maximum atomic E-state index is 13.8. The predicted molar refractivity (Wildman–Crippen MR) is 56.8 cm³/mol. The molecule has 1 aromatic carbocycles. The van der Waals surface area contributed by atoms with E-state index in [0.717, 1.165) is 6.07 Å². The van der Waals surface area contributed by atoms with Crippen molar-refractivity contribution >= 4 is 15.9 Å². The molecule has 0 atom stereocenters. The Morgan fingerprint density at radius 1 is 1.12 bits per heavy atom. The van der Waals surface area contributed by atoms with Crippen molar-refractivity contribution in [2.75, 3.05) is 0 Å². The van der Waals surface area contributed by atoms with Crippen LogP contribution in [-0.4, -0.2) is 0 Å². The molecule has 0 fully saturated rings. The monoisotopic (exact) mass is 308 g/mol. The molecule has 0 unspecified atom stereocenters. The largest absolute Gasteiger partial charge is 0.464 e. The van der Waals surface area contributed by atoms with E-state index in [1.807, 2.05) is 0 Å². The first kappa shape index (κ1) is 12.2. The zero-order chi connectivity index (χ0) is 12.6. The van der Waals surface area contributed by atoms with Gasteiger partial charge >= 0.3 is 6.18 Å². The molecule has 0 aliphatic heterocycles. The second-order valence-corrected chi connectivity index (χ2v) is 4.11. The average Bonchev–Trinajstić information content (AvgIpc) is 2.68. The molecule has 1 aromatic heterocycles. The molecule has 2 aromatic rings. The van der Waals surface area contributed by atoms with Gasteiger partial charge in [0, 0.05) is 4.47 Å². The number of halogens is 5. The van der Waals surface area contributed by atoms with Crippen molar-refractivity contribution in [3.05, 3.63) is 46.4 Å². The maximum absolute atomic E-state index is 13.8. The summed E-state index contributed by atoms with van der Waals surface area (Å²) in [4.78, 5) is 0. The van der Waals surface area contributed by atoms with Crippen LogP contribution >= 0.6 is 15.9 Å². The molecule has 0 bridgehead atoms. The number of furan rings is 1. The summed E-state index contributed by atoms with van der Waals surface area (Å²) in [6.45, 7) is 0. The van der Waals surface area contributed by atoms with Gasteiger partial charge in [-0.15, -0.1) is 0 Å². The van der Waals surface area contributed by atoms with Crippen molar-refractivity contribution in [3.8, 4) is 11.3 Å². The smallest absolute Gasteiger partial charge is 0.420 e. The summed E-state index contributed by atoms with van der Waals surface area (Å²) in [6.07, 6.45) is -3.49. The molecule has 0 spiro atoms. The van der Waals surface area contributed by atoms with E-state index in [1.165, 1.54) is 24.5 Å². The topological polar surface area (TPSA) is 13.1 Å². The fourth-order valence-corrected chi connectivity index (χ4v) is 1.97. The van der Waals surface area contributed by atoms with Crippen LogP contribution in [0.25, 0.3) is 11.3 Å². The van der Waals surface area contributed by atoms with Crippen LogP contribution in [0.5, 0.6) is 0 Å². The van der Waals surface area contributed by atoms with Crippen LogP contribution in [-0.2, 0) is 6.18 Å². The van der Waals surface area contributed by atoms with Crippen LogP contribution in [0.2, 0.25) is 0 Å². The van der Waals surface area contributed by atoms with Gasteiger partial charge in [-0.2, -0.15) is 13.2 Å². The molecular formula is C11H5BrF4O. The third-order valence-electron chi connectivity index (χ3n) is 2.16. The summed E-state index contributed by atoms with van der Waals surface area (Å²) in [6, 6.07) is 5.24. The lowest BCUT2D eigenvalue weighted by atomic mass is 10.1. The Bertz CT molecular complexity index is 531. The number of hydrogen-bond acceptors (Lipinski definition) is 1. The quantitative estimate of drug-likeness (QED) is 0.685. The molecule has 0 aliphatic carbocycles. The van der Waals surface area contributed by atoms with Crippen molar-refractivity contribution in [3.63, 3.8) is 0 Å². The van der Waals surface area contributed by atoms with E-state index in [0.29, 0.717) is 0 Å². The van der Waals surface area contributed by atoms with Crippen molar-refractivity contribution in [2.45, 2.75) is 6.18 Å². The van der Waals surface area contributed by atoms with Gasteiger partial charge in [0.05, 0.1) is 11.8 Å². The van der Waals surface area contributed by atoms with Crippen LogP contribution in [0.4, 0.5) is 17.6 Å². The van der Waals surface area contributed by atoms with E-state index in [4.69, 9.17) is 4.42 Å². The normalized spacial score (nSPS) is 11.8. The second-order valence-electron chi connectivity index (χ2n) is 3.26. The van der Waals surface area contributed by atoms with E-state index in [2.05, 4.69) is 15.9 Å². The Morgan fingerprint density at radius 2 is 1.82 bits per heavy atom. The Balaban J connectivity index is 2.66. The number of benzene rings is 1. The van der Waals surface area contributed by atoms with Gasteiger partial charge in [0.15, 0.2) is 0 Å². The zero-order valence-electron chi connectivity index (χ0n) is 8.18. The standard InChI is InChI=1S/C11H5BrF4O/c12-7-4-3-6(8-2-1-5-17-8)10(13)9(7)11(14,15)16/h1-5H. The molecule has 0 N–H and O–H groups in total. The Kier molecular flexibility index (Phi) is 2.99. The Morgan fingerprint density at radius 3 is 2.35 bits per heavy atom. The summed E-state index contributed by atoms with van der Waals surface area (Å²) in [7, 11) is 0. The predicted octanol–water partition coefficient (Wildman–Crippen LogP) is 4.87. The summed E-state index contributed by atoms with van der Waals surface area (Å²) in [5, 5.41) is 0. The minimum atomic E-state index is -4.76. The highest BCUT2D eigenvalue weighted by molar-refractivity contribution is 9.10. The molecule has 1 nitrogen and oxygen atoms in total. The second kappa shape index (κ2) is 4.18. The van der Waals surface area contributed by atoms with Gasteiger partial charge in [0.25, 0.3) is 0 Å². The fourth-order valence-electron chi connectivity index (χ4n) is 1.43. The number of hydrogen-bond donors (Lipinski definition) is 0. The molecule has 17 heavy (non-hydrogen) atoms. The summed E-state index contributed by atoms with van der Waals surface area (Å²) in [5.41, 5.74) is -1.54. The molecule has 0 saturated carbocycles. The van der Waals surface area contributed by atoms with E-state index in [9.17, 15) is 17.6 Å². The molecule has 90 valence electrons. The average molecular weight is 309 g/mol. The van der Waals surface area contributed by atoms with Crippen molar-refractivity contribution in [1.82, 2.24) is 0 Å². The van der Waals surface area contributed by atoms with E-state index in [1.54, 1.807) is 0 Å². The van der Waals surface area contributed by atoms with Crippen molar-refractivity contribution < 1.29 is 22.0 Å². The van der Waals surface area contributed by atoms with Gasteiger partial charge in [0.1, 0.15) is 17.1 Å². The number of alkyl halides is 3. The maximum Gasteiger partial charge on any atom is 0.420 e. The molecule has 0 saturated heterocycles. The minimum absolute atomic E-state index is 0.0560. The molecule has 1 heterocycles. The highest BCUT2D eigenvalue weighted by Crippen LogP contribution is 2.40. The Hall–Kier alpha value is -1.30. The third-order valence-corrected chi connectivity index (χ3v) is 2.82. The highest BCUT2D eigenvalue weighted by Gasteiger charge is 2.37. The number of rotatable bonds is 1. The van der Waals surface area contributed by atoms with Crippen LogP contribution in [0.3, 0.4) is 0 Å². The van der Waals surface area contributed by atoms with Crippen molar-refractivity contribution in [1.29, 1.82) is 0 Å². The van der Waals surface area contributed by atoms with Gasteiger partial charge < -0.3 is 4.42 Å². The van der Waals surface area contributed by atoms with Gasteiger partial charge in [-0.3, -0.25) is 0 Å². The van der Waals surface area contributed by atoms with E-state index >= 15 is 0 Å². The van der Waals surface area contributed by atoms with Crippen LogP contribution in [0, 0.1) is 5.82 Å². The van der Waals surface area contributed by atoms with Crippen LogP contribution < -0.4 is 0 Å². The molecule has 0 aliphatic rings. The lowest BCUT2D eigenvalue weighted by Crippen LogP contribution is -2.10. The minimum Gasteiger partial charge on any atom is -0.464 e. The zero-order valence-corrected chi connectivity index (χ0v) is 9.77. The van der Waals surface area contributed by atoms with Gasteiger partial charge in [-0.25, -0.2) is 4.39 Å². The molecule has 0 amide bonds. The molecule has 6 heteroatoms. The first-order chi connectivity index (χ1) is 7.91. The van der Waals surface area contributed by atoms with Crippen LogP contribution in [0.1, 0.15) is 5.56 Å². The van der Waals surface area contributed by atoms with E-state index < -0.39 is 17.6 Å². The molecular weight excluding hydrogens is 304 g/mol. The summed E-state index contributed by atoms with van der Waals surface area (Å²) < 4.78 is 56.2. The first-order valence-electron chi connectivity index (χ1n) is 4.50. The Labute approximate surface area is 102 Å². The first-order valence-corrected chi connectivity index (χ1v) is 5.29. The SMILES string of the molecule is Fc1c(-c2ccco2)ccc(Br)c1C(F)(F)F. The summed E-state index contributed by atoms with van der Waals surface area (Å²) >= 11 is 2.69. The van der Waals surface area contributed by atoms with Gasteiger partial charge in [-0.05, 0) is 24.3 Å². The molecule has 0 radical (unpaired) electrons. The van der Waals surface area contributed by atoms with Crippen LogP contribution in [0.15, 0.2) is 39.4 Å². The van der Waals surface area contributed by atoms with Gasteiger partial charge in [-0.1, -0.05) is 15.9 Å². The highest BCUT2D eigenvalue weighted by atomic mass is 79.9. The van der Waals surface area contributed by atoms with E-state index in [-0.39, 0.29) is 15.8 Å².